The van der Waals surface area contributed by atoms with Gasteiger partial charge >= 0.3 is 0 Å². The van der Waals surface area contributed by atoms with Crippen LogP contribution in [-0.2, 0) is 16.6 Å². The maximum absolute atomic E-state index is 14.8. The predicted molar refractivity (Wildman–Crippen MR) is 191 cm³/mol. The summed E-state index contributed by atoms with van der Waals surface area (Å²) in [7, 11) is 0.953. The highest BCUT2D eigenvalue weighted by molar-refractivity contribution is 7.88. The topological polar surface area (TPSA) is 123 Å². The molecule has 6 aliphatic carbocycles. The van der Waals surface area contributed by atoms with E-state index in [2.05, 4.69) is 32.1 Å². The molecule has 270 valence electrons. The molecule has 0 saturated heterocycles. The number of hydrogen-bond donors (Lipinski definition) is 2. The number of ketones is 1. The summed E-state index contributed by atoms with van der Waals surface area (Å²) in [6.45, 7) is 4.44. The molecule has 2 N–H and O–H groups in total. The van der Waals surface area contributed by atoms with Crippen molar-refractivity contribution in [2.24, 2.45) is 33.5 Å². The summed E-state index contributed by atoms with van der Waals surface area (Å²) in [6.07, 6.45) is 12.2. The van der Waals surface area contributed by atoms with Gasteiger partial charge in [0.1, 0.15) is 17.2 Å². The highest BCUT2D eigenvalue weighted by Crippen LogP contribution is 2.78. The number of carbonyl (C=O) groups is 1. The van der Waals surface area contributed by atoms with Crippen LogP contribution in [0.5, 0.6) is 17.2 Å². The molecule has 0 radical (unpaired) electrons. The van der Waals surface area contributed by atoms with E-state index in [1.165, 1.54) is 10.6 Å². The first-order chi connectivity index (χ1) is 23.6. The minimum absolute atomic E-state index is 0.0345. The van der Waals surface area contributed by atoms with Crippen molar-refractivity contribution in [1.29, 1.82) is 0 Å². The molecule has 2 aromatic rings. The Morgan fingerprint density at radius 3 is 2.18 bits per heavy atom. The van der Waals surface area contributed by atoms with Crippen LogP contribution in [0.2, 0.25) is 0 Å². The molecule has 50 heavy (non-hydrogen) atoms. The van der Waals surface area contributed by atoms with Crippen molar-refractivity contribution in [2.45, 2.75) is 77.0 Å². The fraction of sp³-hybridized carbons (Fsp3) is 0.575. The average Bonchev–Trinajstić information content (AvgIpc) is 3.37. The second-order valence-corrected chi connectivity index (χ2v) is 18.1. The van der Waals surface area contributed by atoms with Gasteiger partial charge in [-0.1, -0.05) is 38.1 Å². The second kappa shape index (κ2) is 11.9. The van der Waals surface area contributed by atoms with Crippen LogP contribution in [0.25, 0.3) is 0 Å². The molecule has 6 aliphatic rings. The number of sulfonamides is 1. The Morgan fingerprint density at radius 1 is 0.880 bits per heavy atom. The molecule has 8 rings (SSSR count). The molecule has 9 nitrogen and oxygen atoms in total. The zero-order valence-corrected chi connectivity index (χ0v) is 30.9. The summed E-state index contributed by atoms with van der Waals surface area (Å²) in [5.41, 5.74) is -1.30. The van der Waals surface area contributed by atoms with Gasteiger partial charge in [-0.3, -0.25) is 4.79 Å². The minimum Gasteiger partial charge on any atom is -0.497 e. The third kappa shape index (κ3) is 4.95. The van der Waals surface area contributed by atoms with Crippen molar-refractivity contribution in [3.8, 4) is 17.2 Å². The van der Waals surface area contributed by atoms with E-state index in [0.717, 1.165) is 24.8 Å². The van der Waals surface area contributed by atoms with Crippen LogP contribution in [0.1, 0.15) is 74.7 Å². The molecular weight excluding hydrogens is 655 g/mol. The van der Waals surface area contributed by atoms with E-state index in [1.807, 2.05) is 24.3 Å². The molecule has 1 unspecified atom stereocenters. The molecule has 3 saturated carbocycles. The van der Waals surface area contributed by atoms with Crippen LogP contribution < -0.4 is 14.2 Å². The molecule has 0 heterocycles. The normalized spacial score (nSPS) is 37.1. The molecule has 2 bridgehead atoms. The van der Waals surface area contributed by atoms with E-state index in [-0.39, 0.29) is 36.1 Å². The number of methoxy groups -OCH3 is 3. The molecule has 3 fully saturated rings. The molecule has 2 aromatic carbocycles. The van der Waals surface area contributed by atoms with Crippen molar-refractivity contribution in [3.63, 3.8) is 0 Å². The number of ether oxygens (including phenoxy) is 3. The van der Waals surface area contributed by atoms with E-state index in [9.17, 15) is 23.4 Å². The number of allylic oxidation sites excluding steroid dienone is 4. The third-order valence-electron chi connectivity index (χ3n) is 14.1. The van der Waals surface area contributed by atoms with Crippen LogP contribution in [0, 0.1) is 33.5 Å². The highest BCUT2D eigenvalue weighted by Gasteiger charge is 2.74. The van der Waals surface area contributed by atoms with E-state index in [4.69, 9.17) is 14.2 Å². The standard InChI is InChI=1S/C40H51NO8S/c1-36-16-13-28(42)22-38(36)19-20-40(31(23-38)35(43)26-7-10-29(47-3)11-8-26)33(36)14-17-37(2)34(40)15-18-39(37,44)25-41(50(6,45)46)24-27-9-12-30(48-4)21-32(27)49-5/h7-12,19-21,23,28,33-34,42,44H,13-18,22,24-25H2,1-6H3/t28?,33-,34-,36-,37+,38+,39-,40-/m1/s1. The number of Topliss-reactive ketones (excluding diaryl/α,β-unsaturated/α-hetero) is 1. The fourth-order valence-corrected chi connectivity index (χ4v) is 12.1. The fourth-order valence-electron chi connectivity index (χ4n) is 11.3. The molecule has 0 amide bonds. The lowest BCUT2D eigenvalue weighted by atomic mass is 9.32. The number of nitrogens with zero attached hydrogens (tertiary/aromatic N) is 1. The maximum atomic E-state index is 14.8. The zero-order valence-electron chi connectivity index (χ0n) is 30.1. The van der Waals surface area contributed by atoms with Gasteiger partial charge in [-0.2, -0.15) is 4.31 Å². The van der Waals surface area contributed by atoms with Gasteiger partial charge in [0.2, 0.25) is 10.0 Å². The van der Waals surface area contributed by atoms with Gasteiger partial charge in [-0.05, 0) is 92.5 Å². The van der Waals surface area contributed by atoms with E-state index >= 15 is 0 Å². The summed E-state index contributed by atoms with van der Waals surface area (Å²) in [5, 5.41) is 23.9. The number of aliphatic hydroxyl groups excluding tert-OH is 1. The Labute approximate surface area is 296 Å². The van der Waals surface area contributed by atoms with Gasteiger partial charge in [0.05, 0.1) is 39.3 Å². The van der Waals surface area contributed by atoms with Crippen LogP contribution in [0.3, 0.4) is 0 Å². The molecule has 0 aromatic heterocycles. The summed E-state index contributed by atoms with van der Waals surface area (Å²) in [4.78, 5) is 14.8. The minimum atomic E-state index is -3.75. The van der Waals surface area contributed by atoms with E-state index in [1.54, 1.807) is 39.5 Å². The average molecular weight is 706 g/mol. The van der Waals surface area contributed by atoms with E-state index in [0.29, 0.717) is 54.1 Å². The van der Waals surface area contributed by atoms with Crippen LogP contribution in [0.4, 0.5) is 0 Å². The second-order valence-electron chi connectivity index (χ2n) is 16.1. The third-order valence-corrected chi connectivity index (χ3v) is 15.3. The molecular formula is C40H51NO8S. The van der Waals surface area contributed by atoms with Crippen molar-refractivity contribution in [2.75, 3.05) is 34.1 Å². The highest BCUT2D eigenvalue weighted by atomic mass is 32.2. The van der Waals surface area contributed by atoms with Gasteiger partial charge in [-0.25, -0.2) is 8.42 Å². The lowest BCUT2D eigenvalue weighted by Gasteiger charge is -2.71. The maximum Gasteiger partial charge on any atom is 0.211 e. The quantitative estimate of drug-likeness (QED) is 0.230. The number of rotatable bonds is 10. The first-order valence-corrected chi connectivity index (χ1v) is 19.6. The monoisotopic (exact) mass is 705 g/mol. The summed E-state index contributed by atoms with van der Waals surface area (Å²) < 4.78 is 44.6. The largest absolute Gasteiger partial charge is 0.497 e. The summed E-state index contributed by atoms with van der Waals surface area (Å²) >= 11 is 0. The first kappa shape index (κ1) is 35.2. The van der Waals surface area contributed by atoms with Crippen molar-refractivity contribution in [1.82, 2.24) is 4.31 Å². The SMILES string of the molecule is COc1ccc(C(=O)C2=C[C@@]34C=C[C@@]25[C@@H]2CC[C@@](O)(CN(Cc6ccc(OC)cc6OC)S(C)(=O)=O)[C@@]2(C)CC[C@@H]5[C@@]3(C)CCC(O)C4)cc1. The molecule has 8 atom stereocenters. The van der Waals surface area contributed by atoms with E-state index < -0.39 is 38.0 Å². The number of benzene rings is 2. The van der Waals surface area contributed by atoms with Gasteiger partial charge in [0.15, 0.2) is 5.78 Å². The number of carbonyl (C=O) groups excluding carboxylic acids is 1. The van der Waals surface area contributed by atoms with Crippen LogP contribution >= 0.6 is 0 Å². The Bertz CT molecular complexity index is 1860. The molecule has 2 spiro atoms. The van der Waals surface area contributed by atoms with Gasteiger partial charge in [0, 0.05) is 52.1 Å². The Hall–Kier alpha value is -3.18. The molecule has 0 aliphatic heterocycles. The number of aliphatic hydroxyl groups is 2. The van der Waals surface area contributed by atoms with Gasteiger partial charge < -0.3 is 24.4 Å². The number of hydrogen-bond acceptors (Lipinski definition) is 8. The number of fused-ring (bicyclic) bond motifs is 1. The first-order valence-electron chi connectivity index (χ1n) is 17.8. The molecule has 10 heteroatoms. The van der Waals surface area contributed by atoms with Crippen molar-refractivity contribution < 1.29 is 37.6 Å². The lowest BCUT2D eigenvalue weighted by molar-refractivity contribution is -0.173. The van der Waals surface area contributed by atoms with Crippen molar-refractivity contribution in [3.05, 3.63) is 77.4 Å². The Morgan fingerprint density at radius 2 is 1.52 bits per heavy atom. The zero-order chi connectivity index (χ0) is 35.9. The summed E-state index contributed by atoms with van der Waals surface area (Å²) in [5.74, 6) is 1.77. The Kier molecular flexibility index (Phi) is 8.41. The van der Waals surface area contributed by atoms with Crippen molar-refractivity contribution >= 4 is 15.8 Å². The predicted octanol–water partition coefficient (Wildman–Crippen LogP) is 5.95. The van der Waals surface area contributed by atoms with Gasteiger partial charge in [0.25, 0.3) is 0 Å². The van der Waals surface area contributed by atoms with Crippen LogP contribution in [-0.4, -0.2) is 74.6 Å². The van der Waals surface area contributed by atoms with Crippen LogP contribution in [0.15, 0.2) is 66.3 Å². The van der Waals surface area contributed by atoms with Gasteiger partial charge in [-0.15, -0.1) is 0 Å². The Balaban J connectivity index is 1.30. The smallest absolute Gasteiger partial charge is 0.211 e. The lowest BCUT2D eigenvalue weighted by Crippen LogP contribution is -2.67. The summed E-state index contributed by atoms with van der Waals surface area (Å²) in [6, 6.07) is 12.6.